The summed E-state index contributed by atoms with van der Waals surface area (Å²) in [6, 6.07) is 0. The minimum absolute atomic E-state index is 0.0721. The molecule has 1 heterocycles. The molecule has 0 aromatic carbocycles. The van der Waals surface area contributed by atoms with Gasteiger partial charge in [-0.3, -0.25) is 4.79 Å². The van der Waals surface area contributed by atoms with E-state index in [4.69, 9.17) is 14.2 Å². The lowest BCUT2D eigenvalue weighted by molar-refractivity contribution is -0.144. The molecule has 0 N–H and O–H groups in total. The van der Waals surface area contributed by atoms with Crippen LogP contribution in [0.25, 0.3) is 0 Å². The third kappa shape index (κ3) is 18.9. The highest BCUT2D eigenvalue weighted by molar-refractivity contribution is 5.69. The Balaban J connectivity index is 2.26. The largest absolute Gasteiger partial charge is 0.508 e. The normalized spacial score (nSPS) is 16.9. The Morgan fingerprint density at radius 2 is 1.44 bits per heavy atom. The van der Waals surface area contributed by atoms with Crippen LogP contribution in [0.2, 0.25) is 0 Å². The second kappa shape index (κ2) is 21.8. The van der Waals surface area contributed by atoms with Gasteiger partial charge >= 0.3 is 12.1 Å². The number of hydrogen-bond donors (Lipinski definition) is 0. The van der Waals surface area contributed by atoms with Crippen LogP contribution in [-0.2, 0) is 19.0 Å². The Bertz CT molecular complexity index is 553. The van der Waals surface area contributed by atoms with Crippen LogP contribution in [0.5, 0.6) is 0 Å². The molecule has 0 spiro atoms. The topological polar surface area (TPSA) is 65.1 Å². The molecule has 0 aromatic heterocycles. The Hall–Kier alpha value is -1.30. The molecule has 6 heteroatoms. The van der Waals surface area contributed by atoms with Gasteiger partial charge in [-0.25, -0.2) is 4.79 Å². The van der Waals surface area contributed by atoms with Crippen molar-refractivity contribution in [2.24, 2.45) is 5.92 Å². The Kier molecular flexibility index (Phi) is 19.8. The molecule has 1 rings (SSSR count). The average Bonchev–Trinajstić information content (AvgIpc) is 3.24. The zero-order valence-corrected chi connectivity index (χ0v) is 24.1. The van der Waals surface area contributed by atoms with Crippen LogP contribution >= 0.6 is 0 Å². The maximum Gasteiger partial charge on any atom is 0.508 e. The molecule has 1 aliphatic heterocycles. The number of likely N-dealkylation sites (tertiary alicyclic amines) is 1. The highest BCUT2D eigenvalue weighted by Crippen LogP contribution is 2.18. The first-order chi connectivity index (χ1) is 17.4. The number of rotatable bonds is 22. The Morgan fingerprint density at radius 1 is 0.833 bits per heavy atom. The van der Waals surface area contributed by atoms with Gasteiger partial charge in [-0.1, -0.05) is 91.4 Å². The molecule has 36 heavy (non-hydrogen) atoms. The van der Waals surface area contributed by atoms with Crippen molar-refractivity contribution in [3.05, 3.63) is 0 Å². The van der Waals surface area contributed by atoms with Gasteiger partial charge in [-0.2, -0.15) is 0 Å². The van der Waals surface area contributed by atoms with Crippen LogP contribution in [0.3, 0.4) is 0 Å². The van der Waals surface area contributed by atoms with Crippen molar-refractivity contribution >= 4 is 12.1 Å². The molecule has 0 saturated carbocycles. The zero-order chi connectivity index (χ0) is 26.4. The van der Waals surface area contributed by atoms with E-state index in [9.17, 15) is 9.59 Å². The molecule has 0 bridgehead atoms. The summed E-state index contributed by atoms with van der Waals surface area (Å²) in [5.41, 5.74) is 0. The molecule has 212 valence electrons. The molecule has 6 nitrogen and oxygen atoms in total. The second-order valence-electron chi connectivity index (χ2n) is 11.3. The van der Waals surface area contributed by atoms with E-state index in [-0.39, 0.29) is 18.2 Å². The third-order valence-electron chi connectivity index (χ3n) is 7.10. The predicted molar refractivity (Wildman–Crippen MR) is 147 cm³/mol. The highest BCUT2D eigenvalue weighted by atomic mass is 16.7. The van der Waals surface area contributed by atoms with Crippen LogP contribution in [-0.4, -0.2) is 56.0 Å². The molecule has 0 radical (unpaired) electrons. The minimum atomic E-state index is -0.547. The van der Waals surface area contributed by atoms with E-state index >= 15 is 0 Å². The van der Waals surface area contributed by atoms with Gasteiger partial charge in [0.05, 0.1) is 6.61 Å². The van der Waals surface area contributed by atoms with E-state index in [1.165, 1.54) is 57.8 Å². The van der Waals surface area contributed by atoms with Crippen molar-refractivity contribution in [2.75, 3.05) is 26.7 Å². The molecule has 0 amide bonds. The maximum absolute atomic E-state index is 12.4. The Labute approximate surface area is 222 Å². The van der Waals surface area contributed by atoms with Crippen molar-refractivity contribution in [3.8, 4) is 0 Å². The van der Waals surface area contributed by atoms with Gasteiger partial charge in [0, 0.05) is 19.5 Å². The lowest BCUT2D eigenvalue weighted by atomic mass is 10.0. The van der Waals surface area contributed by atoms with E-state index in [1.54, 1.807) is 0 Å². The number of carbonyl (C=O) groups is 2. The van der Waals surface area contributed by atoms with Gasteiger partial charge in [0.15, 0.2) is 0 Å². The van der Waals surface area contributed by atoms with Crippen molar-refractivity contribution in [1.82, 2.24) is 4.90 Å². The number of esters is 1. The van der Waals surface area contributed by atoms with E-state index in [2.05, 4.69) is 25.7 Å². The summed E-state index contributed by atoms with van der Waals surface area (Å²) in [6.45, 7) is 8.77. The molecule has 2 atom stereocenters. The number of unbranched alkanes of at least 4 members (excludes halogenated alkanes) is 10. The van der Waals surface area contributed by atoms with Gasteiger partial charge in [0.1, 0.15) is 12.2 Å². The van der Waals surface area contributed by atoms with E-state index in [1.807, 2.05) is 7.05 Å². The fourth-order valence-electron chi connectivity index (χ4n) is 4.80. The fraction of sp³-hybridized carbons (Fsp3) is 0.933. The number of nitrogens with zero attached hydrogens (tertiary/aromatic N) is 1. The van der Waals surface area contributed by atoms with Gasteiger partial charge in [-0.05, 0) is 51.5 Å². The van der Waals surface area contributed by atoms with Gasteiger partial charge in [-0.15, -0.1) is 0 Å². The molecule has 1 fully saturated rings. The number of likely N-dealkylation sites (N-methyl/N-ethyl adjacent to an activating group) is 1. The van der Waals surface area contributed by atoms with Gasteiger partial charge < -0.3 is 19.1 Å². The highest BCUT2D eigenvalue weighted by Gasteiger charge is 2.25. The van der Waals surface area contributed by atoms with Crippen molar-refractivity contribution in [3.63, 3.8) is 0 Å². The summed E-state index contributed by atoms with van der Waals surface area (Å²) < 4.78 is 16.7. The smallest absolute Gasteiger partial charge is 0.466 e. The first-order valence-corrected chi connectivity index (χ1v) is 15.1. The molecule has 1 unspecified atom stereocenters. The Morgan fingerprint density at radius 3 is 2.06 bits per heavy atom. The van der Waals surface area contributed by atoms with Crippen LogP contribution < -0.4 is 0 Å². The number of carbonyl (C=O) groups excluding carboxylic acids is 2. The summed E-state index contributed by atoms with van der Waals surface area (Å²) in [4.78, 5) is 26.5. The zero-order valence-electron chi connectivity index (χ0n) is 24.1. The van der Waals surface area contributed by atoms with Gasteiger partial charge in [0.2, 0.25) is 0 Å². The van der Waals surface area contributed by atoms with Crippen LogP contribution in [0.4, 0.5) is 4.79 Å². The van der Waals surface area contributed by atoms with Crippen molar-refractivity contribution in [1.29, 1.82) is 0 Å². The SMILES string of the molecule is CCCCCCCCCCCCC(CCCOC(=O)CCCCC(C)C)OC(=O)O[C@H]1CCN(C)C1. The van der Waals surface area contributed by atoms with Crippen LogP contribution in [0.15, 0.2) is 0 Å². The van der Waals surface area contributed by atoms with Crippen LogP contribution in [0, 0.1) is 5.92 Å². The monoisotopic (exact) mass is 511 g/mol. The summed E-state index contributed by atoms with van der Waals surface area (Å²) in [5.74, 6) is 0.561. The van der Waals surface area contributed by atoms with Crippen molar-refractivity contribution in [2.45, 2.75) is 149 Å². The standard InChI is InChI=1S/C30H57NO5/c1-5-6-7-8-9-10-11-12-13-14-19-27(35-30(33)36-28-22-23-31(4)25-28)20-17-24-34-29(32)21-16-15-18-26(2)3/h26-28H,5-25H2,1-4H3/t27?,28-/m0/s1. The molecule has 1 saturated heterocycles. The molecule has 1 aliphatic rings. The van der Waals surface area contributed by atoms with E-state index < -0.39 is 6.16 Å². The average molecular weight is 512 g/mol. The van der Waals surface area contributed by atoms with Crippen molar-refractivity contribution < 1.29 is 23.8 Å². The van der Waals surface area contributed by atoms with E-state index in [0.717, 1.165) is 51.6 Å². The maximum atomic E-state index is 12.4. The summed E-state index contributed by atoms with van der Waals surface area (Å²) >= 11 is 0. The fourth-order valence-corrected chi connectivity index (χ4v) is 4.80. The lowest BCUT2D eigenvalue weighted by Crippen LogP contribution is -2.26. The number of hydrogen-bond acceptors (Lipinski definition) is 6. The summed E-state index contributed by atoms with van der Waals surface area (Å²) in [6.07, 6.45) is 18.8. The third-order valence-corrected chi connectivity index (χ3v) is 7.10. The minimum Gasteiger partial charge on any atom is -0.466 e. The summed E-state index contributed by atoms with van der Waals surface area (Å²) in [5, 5.41) is 0. The second-order valence-corrected chi connectivity index (χ2v) is 11.3. The van der Waals surface area contributed by atoms with Crippen LogP contribution in [0.1, 0.15) is 136 Å². The molecular weight excluding hydrogens is 454 g/mol. The molecule has 0 aromatic rings. The predicted octanol–water partition coefficient (Wildman–Crippen LogP) is 8.06. The number of ether oxygens (including phenoxy) is 3. The van der Waals surface area contributed by atoms with E-state index in [0.29, 0.717) is 31.8 Å². The lowest BCUT2D eigenvalue weighted by Gasteiger charge is -2.19. The molecule has 0 aliphatic carbocycles. The first-order valence-electron chi connectivity index (χ1n) is 15.1. The summed E-state index contributed by atoms with van der Waals surface area (Å²) in [7, 11) is 2.04. The first kappa shape index (κ1) is 32.7. The molecular formula is C30H57NO5. The quantitative estimate of drug-likeness (QED) is 0.108. The van der Waals surface area contributed by atoms with Gasteiger partial charge in [0.25, 0.3) is 0 Å².